The van der Waals surface area contributed by atoms with Crippen molar-refractivity contribution < 1.29 is 4.42 Å². The summed E-state index contributed by atoms with van der Waals surface area (Å²) in [7, 11) is 2.03. The molecular weight excluding hydrogens is 238 g/mol. The van der Waals surface area contributed by atoms with Gasteiger partial charge in [0.05, 0.1) is 12.8 Å². The first kappa shape index (κ1) is 13.6. The Hall–Kier alpha value is -1.81. The van der Waals surface area contributed by atoms with Crippen molar-refractivity contribution in [3.8, 4) is 0 Å². The molecule has 2 heterocycles. The van der Waals surface area contributed by atoms with E-state index < -0.39 is 0 Å². The summed E-state index contributed by atoms with van der Waals surface area (Å²) in [6.45, 7) is 5.93. The molecule has 0 aliphatic heterocycles. The summed E-state index contributed by atoms with van der Waals surface area (Å²) in [5.74, 6) is 1.93. The fourth-order valence-corrected chi connectivity index (χ4v) is 2.19. The molecule has 0 spiro atoms. The molecule has 0 bridgehead atoms. The predicted molar refractivity (Wildman–Crippen MR) is 77.1 cm³/mol. The highest BCUT2D eigenvalue weighted by atomic mass is 16.3. The van der Waals surface area contributed by atoms with E-state index in [9.17, 15) is 0 Å². The van der Waals surface area contributed by atoms with Crippen molar-refractivity contribution in [2.24, 2.45) is 0 Å². The first-order chi connectivity index (χ1) is 9.22. The van der Waals surface area contributed by atoms with Gasteiger partial charge in [-0.15, -0.1) is 0 Å². The highest BCUT2D eigenvalue weighted by Crippen LogP contribution is 2.24. The Bertz CT molecular complexity index is 496. The van der Waals surface area contributed by atoms with Crippen LogP contribution in [0.25, 0.3) is 0 Å². The highest BCUT2D eigenvalue weighted by Gasteiger charge is 2.14. The van der Waals surface area contributed by atoms with Gasteiger partial charge in [0.25, 0.3) is 0 Å². The Morgan fingerprint density at radius 3 is 2.89 bits per heavy atom. The lowest BCUT2D eigenvalue weighted by Crippen LogP contribution is -2.24. The zero-order valence-corrected chi connectivity index (χ0v) is 11.8. The van der Waals surface area contributed by atoms with Crippen LogP contribution in [0.2, 0.25) is 0 Å². The molecule has 0 radical (unpaired) electrons. The minimum absolute atomic E-state index is 0.285. The molecule has 1 unspecified atom stereocenters. The van der Waals surface area contributed by atoms with Crippen LogP contribution in [0.1, 0.15) is 31.2 Å². The minimum atomic E-state index is 0.285. The van der Waals surface area contributed by atoms with Crippen molar-refractivity contribution in [1.82, 2.24) is 10.3 Å². The van der Waals surface area contributed by atoms with Crippen molar-refractivity contribution >= 4 is 5.82 Å². The van der Waals surface area contributed by atoms with Gasteiger partial charge in [0.15, 0.2) is 0 Å². The second kappa shape index (κ2) is 6.38. The standard InChI is InChI=1S/C15H21N3O/c1-4-16-12(2)14-8-5-9-17-15(14)18(3)11-13-7-6-10-19-13/h5-10,12,16H,4,11H2,1-3H3. The van der Waals surface area contributed by atoms with Crippen molar-refractivity contribution in [2.45, 2.75) is 26.4 Å². The Morgan fingerprint density at radius 1 is 1.37 bits per heavy atom. The molecule has 2 aromatic heterocycles. The first-order valence-electron chi connectivity index (χ1n) is 6.64. The van der Waals surface area contributed by atoms with E-state index in [1.54, 1.807) is 6.26 Å². The molecule has 0 fully saturated rings. The first-order valence-corrected chi connectivity index (χ1v) is 6.64. The summed E-state index contributed by atoms with van der Waals surface area (Å²) >= 11 is 0. The Kier molecular flexibility index (Phi) is 4.58. The van der Waals surface area contributed by atoms with Gasteiger partial charge in [0.1, 0.15) is 11.6 Å². The molecule has 4 heteroatoms. The third-order valence-corrected chi connectivity index (χ3v) is 3.13. The smallest absolute Gasteiger partial charge is 0.133 e. The van der Waals surface area contributed by atoms with Crippen molar-refractivity contribution in [2.75, 3.05) is 18.5 Å². The van der Waals surface area contributed by atoms with E-state index in [2.05, 4.69) is 35.1 Å². The summed E-state index contributed by atoms with van der Waals surface area (Å²) in [5.41, 5.74) is 1.21. The molecule has 0 saturated heterocycles. The lowest BCUT2D eigenvalue weighted by Gasteiger charge is -2.23. The van der Waals surface area contributed by atoms with E-state index in [-0.39, 0.29) is 6.04 Å². The summed E-state index contributed by atoms with van der Waals surface area (Å²) < 4.78 is 5.39. The average molecular weight is 259 g/mol. The quantitative estimate of drug-likeness (QED) is 0.866. The zero-order valence-electron chi connectivity index (χ0n) is 11.8. The van der Waals surface area contributed by atoms with Crippen LogP contribution in [-0.2, 0) is 6.54 Å². The lowest BCUT2D eigenvalue weighted by molar-refractivity contribution is 0.506. The maximum Gasteiger partial charge on any atom is 0.133 e. The number of rotatable bonds is 6. The number of furan rings is 1. The van der Waals surface area contributed by atoms with E-state index in [0.29, 0.717) is 0 Å². The van der Waals surface area contributed by atoms with E-state index >= 15 is 0 Å². The predicted octanol–water partition coefficient (Wildman–Crippen LogP) is 2.98. The molecule has 19 heavy (non-hydrogen) atoms. The lowest BCUT2D eigenvalue weighted by atomic mass is 10.1. The zero-order chi connectivity index (χ0) is 13.7. The van der Waals surface area contributed by atoms with E-state index in [1.807, 2.05) is 31.4 Å². The molecule has 1 N–H and O–H groups in total. The van der Waals surface area contributed by atoms with Gasteiger partial charge in [-0.3, -0.25) is 0 Å². The second-order valence-electron chi connectivity index (χ2n) is 4.63. The summed E-state index contributed by atoms with van der Waals surface area (Å²) in [4.78, 5) is 6.62. The monoisotopic (exact) mass is 259 g/mol. The van der Waals surface area contributed by atoms with Gasteiger partial charge in [-0.05, 0) is 31.7 Å². The maximum atomic E-state index is 5.39. The highest BCUT2D eigenvalue weighted by molar-refractivity contribution is 5.47. The fraction of sp³-hybridized carbons (Fsp3) is 0.400. The van der Waals surface area contributed by atoms with Gasteiger partial charge in [-0.25, -0.2) is 4.98 Å². The van der Waals surface area contributed by atoms with Crippen LogP contribution in [-0.4, -0.2) is 18.6 Å². The molecule has 102 valence electrons. The third kappa shape index (κ3) is 3.35. The number of anilines is 1. The molecular formula is C15H21N3O. The molecule has 0 saturated carbocycles. The number of aromatic nitrogens is 1. The van der Waals surface area contributed by atoms with Crippen LogP contribution in [0.4, 0.5) is 5.82 Å². The summed E-state index contributed by atoms with van der Waals surface area (Å²) in [5, 5.41) is 3.43. The van der Waals surface area contributed by atoms with Crippen molar-refractivity contribution in [1.29, 1.82) is 0 Å². The molecule has 2 aromatic rings. The summed E-state index contributed by atoms with van der Waals surface area (Å²) in [6.07, 6.45) is 3.53. The number of hydrogen-bond acceptors (Lipinski definition) is 4. The van der Waals surface area contributed by atoms with Gasteiger partial charge in [0, 0.05) is 24.8 Å². The van der Waals surface area contributed by atoms with Gasteiger partial charge in [-0.2, -0.15) is 0 Å². The third-order valence-electron chi connectivity index (χ3n) is 3.13. The van der Waals surface area contributed by atoms with Crippen LogP contribution >= 0.6 is 0 Å². The molecule has 2 rings (SSSR count). The van der Waals surface area contributed by atoms with E-state index in [1.165, 1.54) is 5.56 Å². The van der Waals surface area contributed by atoms with Gasteiger partial charge in [0.2, 0.25) is 0 Å². The number of pyridine rings is 1. The topological polar surface area (TPSA) is 41.3 Å². The SMILES string of the molecule is CCNC(C)c1cccnc1N(C)Cc1ccco1. The van der Waals surface area contributed by atoms with Gasteiger partial charge in [-0.1, -0.05) is 13.0 Å². The van der Waals surface area contributed by atoms with E-state index in [4.69, 9.17) is 4.42 Å². The molecule has 0 aliphatic rings. The Balaban J connectivity index is 2.18. The molecule has 0 aromatic carbocycles. The second-order valence-corrected chi connectivity index (χ2v) is 4.63. The van der Waals surface area contributed by atoms with Crippen LogP contribution in [0.5, 0.6) is 0 Å². The van der Waals surface area contributed by atoms with E-state index in [0.717, 1.165) is 24.7 Å². The number of nitrogens with one attached hydrogen (secondary N) is 1. The number of hydrogen-bond donors (Lipinski definition) is 1. The molecule has 0 aliphatic carbocycles. The fourth-order valence-electron chi connectivity index (χ4n) is 2.19. The molecule has 1 atom stereocenters. The molecule has 0 amide bonds. The molecule has 4 nitrogen and oxygen atoms in total. The summed E-state index contributed by atoms with van der Waals surface area (Å²) in [6, 6.07) is 8.27. The Labute approximate surface area is 114 Å². The normalized spacial score (nSPS) is 12.4. The van der Waals surface area contributed by atoms with Crippen LogP contribution in [0.15, 0.2) is 41.1 Å². The van der Waals surface area contributed by atoms with Crippen molar-refractivity contribution in [3.63, 3.8) is 0 Å². The van der Waals surface area contributed by atoms with Crippen molar-refractivity contribution in [3.05, 3.63) is 48.0 Å². The van der Waals surface area contributed by atoms with Gasteiger partial charge >= 0.3 is 0 Å². The van der Waals surface area contributed by atoms with Crippen LogP contribution < -0.4 is 10.2 Å². The number of nitrogens with zero attached hydrogens (tertiary/aromatic N) is 2. The largest absolute Gasteiger partial charge is 0.467 e. The van der Waals surface area contributed by atoms with Crippen LogP contribution in [0.3, 0.4) is 0 Å². The maximum absolute atomic E-state index is 5.39. The minimum Gasteiger partial charge on any atom is -0.467 e. The average Bonchev–Trinajstić information content (AvgIpc) is 2.92. The van der Waals surface area contributed by atoms with Gasteiger partial charge < -0.3 is 14.6 Å². The Morgan fingerprint density at radius 2 is 2.21 bits per heavy atom. The van der Waals surface area contributed by atoms with Crippen LogP contribution in [0, 0.1) is 0 Å².